The van der Waals surface area contributed by atoms with Crippen LogP contribution < -0.4 is 0 Å². The van der Waals surface area contributed by atoms with Crippen molar-refractivity contribution in [3.63, 3.8) is 0 Å². The van der Waals surface area contributed by atoms with Gasteiger partial charge in [-0.2, -0.15) is 0 Å². The van der Waals surface area contributed by atoms with Crippen LogP contribution in [0.25, 0.3) is 0 Å². The van der Waals surface area contributed by atoms with E-state index in [1.807, 2.05) is 0 Å². The Hall–Kier alpha value is 0.0300. The van der Waals surface area contributed by atoms with Crippen LogP contribution in [0.2, 0.25) is 0 Å². The van der Waals surface area contributed by atoms with Gasteiger partial charge in [-0.15, -0.1) is 0 Å². The monoisotopic (exact) mass is 480 g/mol. The quantitative estimate of drug-likeness (QED) is 0.104. The van der Waals surface area contributed by atoms with Crippen molar-refractivity contribution in [2.24, 2.45) is 5.92 Å². The van der Waals surface area contributed by atoms with Crippen molar-refractivity contribution < 1.29 is 28.3 Å². The molecule has 0 aromatic rings. The van der Waals surface area contributed by atoms with E-state index in [0.717, 1.165) is 31.6 Å². The lowest BCUT2D eigenvalue weighted by molar-refractivity contribution is -0.0192. The molecule has 0 spiro atoms. The van der Waals surface area contributed by atoms with Gasteiger partial charge in [0.2, 0.25) is 0 Å². The third kappa shape index (κ3) is 26.3. The predicted octanol–water partition coefficient (Wildman–Crippen LogP) is 7.42. The summed E-state index contributed by atoms with van der Waals surface area (Å²) < 4.78 is 26.8. The average Bonchev–Trinajstić information content (AvgIpc) is 2.72. The average molecular weight is 481 g/mol. The van der Waals surface area contributed by atoms with Crippen LogP contribution in [-0.2, 0) is 18.6 Å². The van der Waals surface area contributed by atoms with Gasteiger partial charge in [-0.05, 0) is 18.8 Å². The van der Waals surface area contributed by atoms with E-state index in [2.05, 4.69) is 20.8 Å². The lowest BCUT2D eigenvalue weighted by Crippen LogP contribution is -2.25. The Kier molecular flexibility index (Phi) is 22.8. The van der Waals surface area contributed by atoms with Gasteiger partial charge in [0.25, 0.3) is 0 Å². The van der Waals surface area contributed by atoms with E-state index in [1.54, 1.807) is 0 Å². The van der Waals surface area contributed by atoms with Crippen molar-refractivity contribution in [2.45, 2.75) is 130 Å². The van der Waals surface area contributed by atoms with Gasteiger partial charge in [-0.25, -0.2) is 4.57 Å². The summed E-state index contributed by atoms with van der Waals surface area (Å²) in [6.45, 7) is 8.13. The first kappa shape index (κ1) is 32.0. The van der Waals surface area contributed by atoms with Gasteiger partial charge >= 0.3 is 7.82 Å². The number of hydrogen-bond donors (Lipinski definition) is 2. The first-order valence-electron chi connectivity index (χ1n) is 13.2. The highest BCUT2D eigenvalue weighted by atomic mass is 31.2. The maximum atomic E-state index is 11.1. The molecule has 0 amide bonds. The number of unbranched alkanes of at least 4 members (excludes halogenated alkanes) is 13. The molecule has 0 saturated carbocycles. The molecule has 0 bridgehead atoms. The number of rotatable bonds is 25. The smallest absolute Gasteiger partial charge is 0.379 e. The number of ether oxygens (including phenoxy) is 2. The normalized spacial score (nSPS) is 13.2. The lowest BCUT2D eigenvalue weighted by atomic mass is 10.0. The molecule has 0 aromatic heterocycles. The molecule has 1 unspecified atom stereocenters. The second-order valence-corrected chi connectivity index (χ2v) is 10.7. The van der Waals surface area contributed by atoms with Crippen molar-refractivity contribution in [3.8, 4) is 0 Å². The fraction of sp³-hybridized carbons (Fsp3) is 1.00. The van der Waals surface area contributed by atoms with Gasteiger partial charge in [-0.3, -0.25) is 4.52 Å². The van der Waals surface area contributed by atoms with Crippen molar-refractivity contribution in [3.05, 3.63) is 0 Å². The minimum Gasteiger partial charge on any atom is -0.379 e. The zero-order valence-electron chi connectivity index (χ0n) is 21.3. The largest absolute Gasteiger partial charge is 0.470 e. The molecule has 6 nitrogen and oxygen atoms in total. The molecule has 194 valence electrons. The van der Waals surface area contributed by atoms with Crippen LogP contribution in [-0.4, -0.2) is 42.3 Å². The van der Waals surface area contributed by atoms with Crippen LogP contribution in [0.3, 0.4) is 0 Å². The first-order valence-corrected chi connectivity index (χ1v) is 14.8. The van der Waals surface area contributed by atoms with Crippen molar-refractivity contribution in [1.82, 2.24) is 0 Å². The second-order valence-electron chi connectivity index (χ2n) is 9.50. The van der Waals surface area contributed by atoms with Gasteiger partial charge in [0.15, 0.2) is 0 Å². The molecule has 0 aromatic carbocycles. The highest BCUT2D eigenvalue weighted by Gasteiger charge is 2.22. The maximum Gasteiger partial charge on any atom is 0.470 e. The Bertz CT molecular complexity index is 427. The minimum atomic E-state index is -4.53. The minimum absolute atomic E-state index is 0.142. The van der Waals surface area contributed by atoms with E-state index in [4.69, 9.17) is 23.8 Å². The van der Waals surface area contributed by atoms with Crippen LogP contribution in [0, 0.1) is 5.92 Å². The van der Waals surface area contributed by atoms with E-state index in [9.17, 15) is 4.57 Å². The molecule has 32 heavy (non-hydrogen) atoms. The lowest BCUT2D eigenvalue weighted by Gasteiger charge is -2.18. The summed E-state index contributed by atoms with van der Waals surface area (Å²) in [5.41, 5.74) is 0. The third-order valence-electron chi connectivity index (χ3n) is 5.61. The molecule has 0 fully saturated rings. The molecule has 0 heterocycles. The van der Waals surface area contributed by atoms with E-state index in [-0.39, 0.29) is 13.2 Å². The summed E-state index contributed by atoms with van der Waals surface area (Å²) in [5.74, 6) is 0.852. The molecule has 0 aliphatic carbocycles. The van der Waals surface area contributed by atoms with Crippen LogP contribution in [0.1, 0.15) is 124 Å². The van der Waals surface area contributed by atoms with Gasteiger partial charge in [0.05, 0.1) is 13.2 Å². The van der Waals surface area contributed by atoms with Crippen LogP contribution in [0.5, 0.6) is 0 Å². The summed E-state index contributed by atoms with van der Waals surface area (Å²) in [5, 5.41) is 0. The molecular weight excluding hydrogens is 427 g/mol. The number of phosphoric acid groups is 1. The highest BCUT2D eigenvalue weighted by molar-refractivity contribution is 7.46. The summed E-state index contributed by atoms with van der Waals surface area (Å²) in [6.07, 6.45) is 19.6. The maximum absolute atomic E-state index is 11.1. The van der Waals surface area contributed by atoms with E-state index in [0.29, 0.717) is 13.2 Å². The van der Waals surface area contributed by atoms with Crippen LogP contribution in [0.15, 0.2) is 0 Å². The number of phosphoric ester groups is 1. The zero-order valence-corrected chi connectivity index (χ0v) is 22.2. The summed E-state index contributed by atoms with van der Waals surface area (Å²) in [7, 11) is -4.53. The van der Waals surface area contributed by atoms with Gasteiger partial charge in [-0.1, -0.05) is 111 Å². The predicted molar refractivity (Wildman–Crippen MR) is 133 cm³/mol. The fourth-order valence-electron chi connectivity index (χ4n) is 3.68. The Morgan fingerprint density at radius 3 is 1.47 bits per heavy atom. The van der Waals surface area contributed by atoms with E-state index in [1.165, 1.54) is 77.0 Å². The Morgan fingerprint density at radius 2 is 1.06 bits per heavy atom. The first-order chi connectivity index (χ1) is 15.3. The highest BCUT2D eigenvalue weighted by Crippen LogP contribution is 2.37. The van der Waals surface area contributed by atoms with Crippen LogP contribution in [0.4, 0.5) is 0 Å². The van der Waals surface area contributed by atoms with Gasteiger partial charge in [0, 0.05) is 13.2 Å². The molecule has 0 rings (SSSR count). The molecule has 7 heteroatoms. The van der Waals surface area contributed by atoms with Crippen LogP contribution >= 0.6 is 7.82 Å². The Labute approximate surface area is 198 Å². The second kappa shape index (κ2) is 22.8. The molecule has 0 aliphatic heterocycles. The van der Waals surface area contributed by atoms with Crippen molar-refractivity contribution in [1.29, 1.82) is 0 Å². The van der Waals surface area contributed by atoms with Crippen molar-refractivity contribution in [2.75, 3.05) is 26.4 Å². The molecule has 2 N–H and O–H groups in total. The molecular formula is C25H53O6P. The Morgan fingerprint density at radius 1 is 0.656 bits per heavy atom. The molecule has 1 atom stereocenters. The molecule has 0 aliphatic rings. The molecule has 0 radical (unpaired) electrons. The van der Waals surface area contributed by atoms with Crippen molar-refractivity contribution >= 4 is 7.82 Å². The van der Waals surface area contributed by atoms with E-state index < -0.39 is 13.9 Å². The summed E-state index contributed by atoms with van der Waals surface area (Å²) in [6, 6.07) is 0. The molecule has 0 saturated heterocycles. The third-order valence-corrected chi connectivity index (χ3v) is 6.18. The Balaban J connectivity index is 3.45. The van der Waals surface area contributed by atoms with Gasteiger partial charge < -0.3 is 19.3 Å². The fourth-order valence-corrected chi connectivity index (χ4v) is 4.19. The van der Waals surface area contributed by atoms with Gasteiger partial charge in [0.1, 0.15) is 6.10 Å². The van der Waals surface area contributed by atoms with E-state index >= 15 is 0 Å². The number of hydrogen-bond acceptors (Lipinski definition) is 4. The summed E-state index contributed by atoms with van der Waals surface area (Å²) in [4.78, 5) is 18.0. The topological polar surface area (TPSA) is 85.2 Å². The zero-order chi connectivity index (χ0) is 23.9. The standard InChI is InChI=1S/C25H53O6P/c1-4-5-20-29-22-25(31-32(26,27)28)23-30-21-18-16-14-12-10-8-6-7-9-11-13-15-17-19-24(2)3/h24-25H,4-23H2,1-3H3,(H2,26,27,28). The SMILES string of the molecule is CCCCOCC(COCCCCCCCCCCCCCCCC(C)C)OP(=O)(O)O. The summed E-state index contributed by atoms with van der Waals surface area (Å²) >= 11 is 0.